The number of carbonyl (C=O) groups is 1. The van der Waals surface area contributed by atoms with E-state index in [4.69, 9.17) is 9.47 Å². The summed E-state index contributed by atoms with van der Waals surface area (Å²) in [7, 11) is 0. The molecule has 1 amide bonds. The quantitative estimate of drug-likeness (QED) is 0.875. The lowest BCUT2D eigenvalue weighted by atomic mass is 10.3. The van der Waals surface area contributed by atoms with E-state index in [1.54, 1.807) is 0 Å². The number of amides is 1. The van der Waals surface area contributed by atoms with Gasteiger partial charge in [-0.25, -0.2) is 0 Å². The Labute approximate surface area is 126 Å². The highest BCUT2D eigenvalue weighted by atomic mass is 32.1. The second-order valence-electron chi connectivity index (χ2n) is 4.62. The number of para-hydroxylation sites is 1. The molecule has 0 atom stereocenters. The van der Waals surface area contributed by atoms with Crippen LogP contribution in [0, 0.1) is 0 Å². The van der Waals surface area contributed by atoms with Gasteiger partial charge in [0.15, 0.2) is 4.80 Å². The zero-order valence-corrected chi connectivity index (χ0v) is 12.6. The maximum atomic E-state index is 12.2. The monoisotopic (exact) mass is 304 g/mol. The van der Waals surface area contributed by atoms with Crippen LogP contribution in [0.2, 0.25) is 0 Å². The lowest BCUT2D eigenvalue weighted by Gasteiger charge is -2.12. The Balaban J connectivity index is 2.06. The van der Waals surface area contributed by atoms with Crippen LogP contribution in [-0.4, -0.2) is 23.7 Å². The Morgan fingerprint density at radius 1 is 1.38 bits per heavy atom. The molecule has 21 heavy (non-hydrogen) atoms. The predicted octanol–water partition coefficient (Wildman–Crippen LogP) is 2.43. The van der Waals surface area contributed by atoms with E-state index in [0.29, 0.717) is 18.0 Å². The van der Waals surface area contributed by atoms with Gasteiger partial charge in [-0.05, 0) is 18.6 Å². The number of hydrogen-bond acceptors (Lipinski definition) is 4. The summed E-state index contributed by atoms with van der Waals surface area (Å²) in [4.78, 5) is 17.1. The van der Waals surface area contributed by atoms with Crippen LogP contribution in [0.3, 0.4) is 0 Å². The highest BCUT2D eigenvalue weighted by molar-refractivity contribution is 7.16. The standard InChI is InChI=1S/C15H16N2O3S/c1-2-7-17-11-5-3-4-6-13(11)21-15(17)16-14(18)12-10-19-8-9-20-12/h3-6,10H,2,7-9H2,1H3. The molecule has 110 valence electrons. The van der Waals surface area contributed by atoms with Crippen molar-refractivity contribution in [3.05, 3.63) is 41.1 Å². The molecule has 0 radical (unpaired) electrons. The fourth-order valence-corrected chi connectivity index (χ4v) is 3.22. The van der Waals surface area contributed by atoms with Gasteiger partial charge < -0.3 is 14.0 Å². The predicted molar refractivity (Wildman–Crippen MR) is 80.7 cm³/mol. The van der Waals surface area contributed by atoms with E-state index < -0.39 is 5.91 Å². The maximum absolute atomic E-state index is 12.2. The molecule has 0 unspecified atom stereocenters. The summed E-state index contributed by atoms with van der Waals surface area (Å²) in [6, 6.07) is 8.06. The van der Waals surface area contributed by atoms with Gasteiger partial charge in [-0.2, -0.15) is 4.99 Å². The summed E-state index contributed by atoms with van der Waals surface area (Å²) in [5.41, 5.74) is 1.10. The molecule has 0 spiro atoms. The molecule has 3 rings (SSSR count). The molecular formula is C15H16N2O3S. The number of benzene rings is 1. The zero-order chi connectivity index (χ0) is 14.7. The van der Waals surface area contributed by atoms with E-state index in [2.05, 4.69) is 16.5 Å². The first-order valence-corrected chi connectivity index (χ1v) is 7.73. The number of hydrogen-bond donors (Lipinski definition) is 0. The van der Waals surface area contributed by atoms with Crippen molar-refractivity contribution in [2.24, 2.45) is 4.99 Å². The van der Waals surface area contributed by atoms with Gasteiger partial charge in [0.05, 0.1) is 10.2 Å². The molecule has 5 nitrogen and oxygen atoms in total. The molecule has 1 aromatic carbocycles. The van der Waals surface area contributed by atoms with Crippen molar-refractivity contribution in [3.63, 3.8) is 0 Å². The largest absolute Gasteiger partial charge is 0.494 e. The van der Waals surface area contributed by atoms with Crippen LogP contribution in [0.15, 0.2) is 41.3 Å². The molecule has 0 saturated carbocycles. The molecule has 0 N–H and O–H groups in total. The smallest absolute Gasteiger partial charge is 0.317 e. The summed E-state index contributed by atoms with van der Waals surface area (Å²) in [5.74, 6) is -0.229. The van der Waals surface area contributed by atoms with Crippen molar-refractivity contribution in [1.29, 1.82) is 0 Å². The van der Waals surface area contributed by atoms with Crippen LogP contribution in [0.5, 0.6) is 0 Å². The van der Waals surface area contributed by atoms with Gasteiger partial charge in [0.2, 0.25) is 5.76 Å². The molecular weight excluding hydrogens is 288 g/mol. The topological polar surface area (TPSA) is 52.8 Å². The average Bonchev–Trinajstić information content (AvgIpc) is 2.86. The van der Waals surface area contributed by atoms with Gasteiger partial charge in [0, 0.05) is 6.54 Å². The third-order valence-corrected chi connectivity index (χ3v) is 4.15. The van der Waals surface area contributed by atoms with Crippen molar-refractivity contribution in [3.8, 4) is 0 Å². The fraction of sp³-hybridized carbons (Fsp3) is 0.333. The molecule has 0 saturated heterocycles. The van der Waals surface area contributed by atoms with Crippen molar-refractivity contribution in [1.82, 2.24) is 4.57 Å². The summed E-state index contributed by atoms with van der Waals surface area (Å²) in [6.07, 6.45) is 2.32. The van der Waals surface area contributed by atoms with Crippen molar-refractivity contribution >= 4 is 27.5 Å². The number of aromatic nitrogens is 1. The Kier molecular flexibility index (Phi) is 4.06. The van der Waals surface area contributed by atoms with E-state index in [1.165, 1.54) is 17.6 Å². The zero-order valence-electron chi connectivity index (χ0n) is 11.7. The minimum Gasteiger partial charge on any atom is -0.494 e. The second kappa shape index (κ2) is 6.13. The first kappa shape index (κ1) is 13.9. The minimum absolute atomic E-state index is 0.168. The van der Waals surface area contributed by atoms with Crippen LogP contribution >= 0.6 is 11.3 Å². The van der Waals surface area contributed by atoms with Crippen LogP contribution < -0.4 is 4.80 Å². The Hall–Kier alpha value is -2.08. The molecule has 2 aromatic rings. The van der Waals surface area contributed by atoms with Gasteiger partial charge in [0.1, 0.15) is 19.5 Å². The molecule has 0 fully saturated rings. The highest BCUT2D eigenvalue weighted by Gasteiger charge is 2.15. The van der Waals surface area contributed by atoms with Gasteiger partial charge in [-0.3, -0.25) is 4.79 Å². The van der Waals surface area contributed by atoms with E-state index in [-0.39, 0.29) is 5.76 Å². The molecule has 1 aliphatic rings. The number of ether oxygens (including phenoxy) is 2. The van der Waals surface area contributed by atoms with Crippen LogP contribution in [0.4, 0.5) is 0 Å². The van der Waals surface area contributed by atoms with Crippen LogP contribution in [0.25, 0.3) is 10.2 Å². The lowest BCUT2D eigenvalue weighted by molar-refractivity contribution is -0.119. The SMILES string of the molecule is CCCn1c(=NC(=O)C2=COCCO2)sc2ccccc21. The number of aryl methyl sites for hydroxylation is 1. The summed E-state index contributed by atoms with van der Waals surface area (Å²) >= 11 is 1.51. The third-order valence-electron chi connectivity index (χ3n) is 3.09. The summed E-state index contributed by atoms with van der Waals surface area (Å²) < 4.78 is 13.6. The number of nitrogens with zero attached hydrogens (tertiary/aromatic N) is 2. The Morgan fingerprint density at radius 2 is 2.24 bits per heavy atom. The molecule has 1 aliphatic heterocycles. The number of rotatable bonds is 3. The third kappa shape index (κ3) is 2.85. The van der Waals surface area contributed by atoms with Crippen molar-refractivity contribution in [2.75, 3.05) is 13.2 Å². The van der Waals surface area contributed by atoms with E-state index in [1.807, 2.05) is 24.3 Å². The summed E-state index contributed by atoms with van der Waals surface area (Å²) in [5, 5.41) is 0. The molecule has 6 heteroatoms. The fourth-order valence-electron chi connectivity index (χ4n) is 2.17. The van der Waals surface area contributed by atoms with Gasteiger partial charge in [0.25, 0.3) is 0 Å². The van der Waals surface area contributed by atoms with Gasteiger partial charge >= 0.3 is 5.91 Å². The minimum atomic E-state index is -0.397. The lowest BCUT2D eigenvalue weighted by Crippen LogP contribution is -2.20. The first-order valence-electron chi connectivity index (χ1n) is 6.91. The number of thiazole rings is 1. The van der Waals surface area contributed by atoms with Crippen molar-refractivity contribution < 1.29 is 14.3 Å². The van der Waals surface area contributed by atoms with Crippen LogP contribution in [-0.2, 0) is 20.8 Å². The highest BCUT2D eigenvalue weighted by Crippen LogP contribution is 2.17. The normalized spacial score (nSPS) is 15.5. The van der Waals surface area contributed by atoms with Crippen LogP contribution in [0.1, 0.15) is 13.3 Å². The first-order chi connectivity index (χ1) is 10.3. The second-order valence-corrected chi connectivity index (χ2v) is 5.63. The molecule has 0 bridgehead atoms. The van der Waals surface area contributed by atoms with Gasteiger partial charge in [-0.1, -0.05) is 30.4 Å². The average molecular weight is 304 g/mol. The molecule has 2 heterocycles. The number of carbonyl (C=O) groups excluding carboxylic acids is 1. The van der Waals surface area contributed by atoms with Crippen molar-refractivity contribution in [2.45, 2.75) is 19.9 Å². The summed E-state index contributed by atoms with van der Waals surface area (Å²) in [6.45, 7) is 3.78. The Morgan fingerprint density at radius 3 is 3.00 bits per heavy atom. The van der Waals surface area contributed by atoms with E-state index >= 15 is 0 Å². The molecule has 1 aromatic heterocycles. The maximum Gasteiger partial charge on any atom is 0.317 e. The van der Waals surface area contributed by atoms with E-state index in [0.717, 1.165) is 23.2 Å². The molecule has 0 aliphatic carbocycles. The van der Waals surface area contributed by atoms with E-state index in [9.17, 15) is 4.79 Å². The number of fused-ring (bicyclic) bond motifs is 1. The Bertz CT molecular complexity index is 758. The van der Waals surface area contributed by atoms with Gasteiger partial charge in [-0.15, -0.1) is 0 Å².